The van der Waals surface area contributed by atoms with Crippen LogP contribution in [0.3, 0.4) is 0 Å². The van der Waals surface area contributed by atoms with Crippen molar-refractivity contribution >= 4 is 12.1 Å². The molecule has 1 amide bonds. The number of carbonyl (C=O) groups excluding carboxylic acids is 2. The predicted molar refractivity (Wildman–Crippen MR) is 48.6 cm³/mol. The number of ether oxygens (including phenoxy) is 2. The minimum absolute atomic E-state index is 0.0750. The molecule has 0 radical (unpaired) electrons. The van der Waals surface area contributed by atoms with Crippen LogP contribution in [0, 0.1) is 5.92 Å². The van der Waals surface area contributed by atoms with Crippen molar-refractivity contribution < 1.29 is 19.1 Å². The zero-order valence-corrected chi connectivity index (χ0v) is 8.20. The van der Waals surface area contributed by atoms with Crippen LogP contribution in [0.1, 0.15) is 6.42 Å². The lowest BCUT2D eigenvalue weighted by atomic mass is 10.2. The molecule has 14 heavy (non-hydrogen) atoms. The topological polar surface area (TPSA) is 64.6 Å². The predicted octanol–water partition coefficient (Wildman–Crippen LogP) is 0.460. The van der Waals surface area contributed by atoms with E-state index in [-0.39, 0.29) is 5.92 Å². The number of amides is 1. The summed E-state index contributed by atoms with van der Waals surface area (Å²) >= 11 is 0. The summed E-state index contributed by atoms with van der Waals surface area (Å²) < 4.78 is 9.02. The first-order valence-electron chi connectivity index (χ1n) is 4.18. The summed E-state index contributed by atoms with van der Waals surface area (Å²) in [5.74, 6) is -0.540. The Labute approximate surface area is 82.1 Å². The van der Waals surface area contributed by atoms with Crippen LogP contribution in [-0.4, -0.2) is 31.8 Å². The summed E-state index contributed by atoms with van der Waals surface area (Å²) in [4.78, 5) is 22.4. The van der Waals surface area contributed by atoms with Crippen LogP contribution in [0.2, 0.25) is 0 Å². The molecule has 0 bridgehead atoms. The molecule has 0 saturated heterocycles. The minimum Gasteiger partial charge on any atom is -0.467 e. The summed E-state index contributed by atoms with van der Waals surface area (Å²) in [6.45, 7) is 3.57. The fourth-order valence-electron chi connectivity index (χ4n) is 1.42. The van der Waals surface area contributed by atoms with E-state index >= 15 is 0 Å². The largest absolute Gasteiger partial charge is 0.467 e. The highest BCUT2D eigenvalue weighted by molar-refractivity contribution is 5.90. The molecule has 1 rings (SSSR count). The molecule has 0 heterocycles. The first-order chi connectivity index (χ1) is 6.60. The van der Waals surface area contributed by atoms with Crippen LogP contribution in [0.5, 0.6) is 0 Å². The van der Waals surface area contributed by atoms with Crippen molar-refractivity contribution in [3.8, 4) is 0 Å². The summed E-state index contributed by atoms with van der Waals surface area (Å²) in [5.41, 5.74) is -0.955. The molecule has 0 aromatic rings. The number of hydrogen-bond donors (Lipinski definition) is 1. The lowest BCUT2D eigenvalue weighted by molar-refractivity contribution is -0.144. The molecule has 2 atom stereocenters. The van der Waals surface area contributed by atoms with Crippen molar-refractivity contribution in [1.82, 2.24) is 5.32 Å². The lowest BCUT2D eigenvalue weighted by Crippen LogP contribution is -2.45. The number of esters is 1. The van der Waals surface area contributed by atoms with Crippen molar-refractivity contribution in [2.75, 3.05) is 14.2 Å². The maximum atomic E-state index is 11.4. The van der Waals surface area contributed by atoms with E-state index in [1.54, 1.807) is 6.08 Å². The van der Waals surface area contributed by atoms with Crippen LogP contribution >= 0.6 is 0 Å². The molecule has 1 saturated carbocycles. The molecular weight excluding hydrogens is 186 g/mol. The standard InChI is InChI=1S/C9H13NO4/c1-4-6-5-9(6,7(11)13-2)10-8(12)14-3/h4,6H,1,5H2,2-3H3,(H,10,12). The van der Waals surface area contributed by atoms with E-state index in [0.29, 0.717) is 6.42 Å². The van der Waals surface area contributed by atoms with Gasteiger partial charge in [0.1, 0.15) is 5.54 Å². The molecule has 5 nitrogen and oxygen atoms in total. The van der Waals surface area contributed by atoms with Crippen molar-refractivity contribution in [3.05, 3.63) is 12.7 Å². The van der Waals surface area contributed by atoms with Crippen LogP contribution in [-0.2, 0) is 14.3 Å². The Morgan fingerprint density at radius 3 is 2.50 bits per heavy atom. The van der Waals surface area contributed by atoms with Gasteiger partial charge in [-0.3, -0.25) is 0 Å². The molecule has 1 fully saturated rings. The van der Waals surface area contributed by atoms with Crippen LogP contribution in [0.25, 0.3) is 0 Å². The van der Waals surface area contributed by atoms with Gasteiger partial charge in [-0.05, 0) is 6.42 Å². The quantitative estimate of drug-likeness (QED) is 0.529. The molecule has 0 aromatic heterocycles. The number of nitrogens with one attached hydrogen (secondary N) is 1. The zero-order valence-electron chi connectivity index (χ0n) is 8.20. The van der Waals surface area contributed by atoms with Crippen LogP contribution < -0.4 is 5.32 Å². The van der Waals surface area contributed by atoms with Gasteiger partial charge in [0.05, 0.1) is 14.2 Å². The Kier molecular flexibility index (Phi) is 2.78. The van der Waals surface area contributed by atoms with Gasteiger partial charge in [0.15, 0.2) is 0 Å². The first kappa shape index (κ1) is 10.6. The van der Waals surface area contributed by atoms with Gasteiger partial charge in [0.25, 0.3) is 0 Å². The van der Waals surface area contributed by atoms with Gasteiger partial charge < -0.3 is 14.8 Å². The number of alkyl carbamates (subject to hydrolysis) is 1. The highest BCUT2D eigenvalue weighted by Gasteiger charge is 2.61. The second kappa shape index (κ2) is 3.69. The Bertz CT molecular complexity index is 276. The maximum absolute atomic E-state index is 11.4. The van der Waals surface area contributed by atoms with Crippen molar-refractivity contribution in [3.63, 3.8) is 0 Å². The normalized spacial score (nSPS) is 28.9. The molecular formula is C9H13NO4. The Morgan fingerprint density at radius 1 is 1.50 bits per heavy atom. The Morgan fingerprint density at radius 2 is 2.14 bits per heavy atom. The van der Waals surface area contributed by atoms with Crippen LogP contribution in [0.4, 0.5) is 4.79 Å². The van der Waals surface area contributed by atoms with E-state index in [1.807, 2.05) is 0 Å². The van der Waals surface area contributed by atoms with Gasteiger partial charge >= 0.3 is 12.1 Å². The zero-order chi connectivity index (χ0) is 10.8. The lowest BCUT2D eigenvalue weighted by Gasteiger charge is -2.14. The second-order valence-corrected chi connectivity index (χ2v) is 3.13. The molecule has 1 aliphatic carbocycles. The smallest absolute Gasteiger partial charge is 0.407 e. The molecule has 1 N–H and O–H groups in total. The molecule has 0 aliphatic heterocycles. The average molecular weight is 199 g/mol. The molecule has 2 unspecified atom stereocenters. The van der Waals surface area contributed by atoms with E-state index in [0.717, 1.165) is 0 Å². The highest BCUT2D eigenvalue weighted by atomic mass is 16.5. The van der Waals surface area contributed by atoms with Crippen molar-refractivity contribution in [2.24, 2.45) is 5.92 Å². The van der Waals surface area contributed by atoms with Crippen molar-refractivity contribution in [2.45, 2.75) is 12.0 Å². The van der Waals surface area contributed by atoms with E-state index in [1.165, 1.54) is 14.2 Å². The maximum Gasteiger partial charge on any atom is 0.407 e. The van der Waals surface area contributed by atoms with E-state index < -0.39 is 17.6 Å². The summed E-state index contributed by atoms with van der Waals surface area (Å²) in [6, 6.07) is 0. The molecule has 78 valence electrons. The first-order valence-corrected chi connectivity index (χ1v) is 4.18. The minimum atomic E-state index is -0.955. The third-order valence-corrected chi connectivity index (χ3v) is 2.36. The number of carbonyl (C=O) groups is 2. The highest BCUT2D eigenvalue weighted by Crippen LogP contribution is 2.45. The van der Waals surface area contributed by atoms with Crippen LogP contribution in [0.15, 0.2) is 12.7 Å². The van der Waals surface area contributed by atoms with Gasteiger partial charge in [-0.25, -0.2) is 9.59 Å². The monoisotopic (exact) mass is 199 g/mol. The summed E-state index contributed by atoms with van der Waals surface area (Å²) in [5, 5.41) is 2.46. The molecule has 1 aliphatic rings. The fraction of sp³-hybridized carbons (Fsp3) is 0.556. The number of rotatable bonds is 3. The fourth-order valence-corrected chi connectivity index (χ4v) is 1.42. The van der Waals surface area contributed by atoms with Gasteiger partial charge in [0, 0.05) is 5.92 Å². The second-order valence-electron chi connectivity index (χ2n) is 3.13. The van der Waals surface area contributed by atoms with Gasteiger partial charge in [-0.2, -0.15) is 0 Å². The average Bonchev–Trinajstić information content (AvgIpc) is 2.91. The number of hydrogen-bond acceptors (Lipinski definition) is 4. The Balaban J connectivity index is 2.71. The van der Waals surface area contributed by atoms with E-state index in [9.17, 15) is 9.59 Å². The summed E-state index contributed by atoms with van der Waals surface area (Å²) in [7, 11) is 2.52. The van der Waals surface area contributed by atoms with E-state index in [2.05, 4.69) is 21.4 Å². The SMILES string of the molecule is C=CC1CC1(NC(=O)OC)C(=O)OC. The Hall–Kier alpha value is -1.52. The third-order valence-electron chi connectivity index (χ3n) is 2.36. The number of methoxy groups -OCH3 is 2. The van der Waals surface area contributed by atoms with Gasteiger partial charge in [0.2, 0.25) is 0 Å². The van der Waals surface area contributed by atoms with Gasteiger partial charge in [-0.1, -0.05) is 6.08 Å². The van der Waals surface area contributed by atoms with Crippen molar-refractivity contribution in [1.29, 1.82) is 0 Å². The molecule has 5 heteroatoms. The third kappa shape index (κ3) is 1.57. The van der Waals surface area contributed by atoms with Gasteiger partial charge in [-0.15, -0.1) is 6.58 Å². The molecule has 0 aromatic carbocycles. The molecule has 0 spiro atoms. The summed E-state index contributed by atoms with van der Waals surface area (Å²) in [6.07, 6.45) is 1.49. The van der Waals surface area contributed by atoms with E-state index in [4.69, 9.17) is 0 Å².